The molecule has 0 N–H and O–H groups in total. The van der Waals surface area contributed by atoms with Crippen LogP contribution >= 0.6 is 23.2 Å². The van der Waals surface area contributed by atoms with Crippen LogP contribution in [0.25, 0.3) is 16.9 Å². The Balaban J connectivity index is 0.00000243. The van der Waals surface area contributed by atoms with Crippen LogP contribution in [0.3, 0.4) is 0 Å². The van der Waals surface area contributed by atoms with Crippen molar-refractivity contribution in [3.63, 3.8) is 0 Å². The van der Waals surface area contributed by atoms with Gasteiger partial charge in [-0.1, -0.05) is 23.2 Å². The second-order valence-electron chi connectivity index (χ2n) is 5.05. The zero-order valence-corrected chi connectivity index (χ0v) is 18.1. The van der Waals surface area contributed by atoms with Crippen molar-refractivity contribution in [1.82, 2.24) is 9.55 Å². The first-order valence-electron chi connectivity index (χ1n) is 6.94. The van der Waals surface area contributed by atoms with Gasteiger partial charge in [-0.3, -0.25) is 4.57 Å². The average Bonchev–Trinajstić information content (AvgIpc) is 2.95. The van der Waals surface area contributed by atoms with Gasteiger partial charge in [-0.25, -0.2) is 13.4 Å². The van der Waals surface area contributed by atoms with Crippen LogP contribution in [-0.2, 0) is 10.1 Å². The van der Waals surface area contributed by atoms with Crippen LogP contribution in [-0.4, -0.2) is 29.6 Å². The molecule has 1 heterocycles. The molecule has 0 saturated heterocycles. The summed E-state index contributed by atoms with van der Waals surface area (Å²) in [4.78, 5) is 3.78. The van der Waals surface area contributed by atoms with E-state index in [9.17, 15) is 13.0 Å². The average molecular weight is 421 g/mol. The van der Waals surface area contributed by atoms with Crippen molar-refractivity contribution < 1.29 is 47.3 Å². The number of methoxy groups -OCH3 is 1. The third-order valence-corrected chi connectivity index (χ3v) is 4.97. The van der Waals surface area contributed by atoms with Gasteiger partial charge in [0.1, 0.15) is 22.2 Å². The Labute approximate surface area is 182 Å². The second kappa shape index (κ2) is 8.31. The molecule has 3 aromatic rings. The molecular formula is C16H11Cl2N2NaO4S. The zero-order chi connectivity index (χ0) is 18.2. The molecule has 6 nitrogen and oxygen atoms in total. The summed E-state index contributed by atoms with van der Waals surface area (Å²) in [6.07, 6.45) is 1.50. The van der Waals surface area contributed by atoms with E-state index in [0.717, 1.165) is 0 Å². The van der Waals surface area contributed by atoms with Crippen LogP contribution < -0.4 is 34.3 Å². The van der Waals surface area contributed by atoms with E-state index in [-0.39, 0.29) is 39.6 Å². The number of rotatable bonds is 4. The summed E-state index contributed by atoms with van der Waals surface area (Å²) >= 11 is 12.4. The van der Waals surface area contributed by atoms with Gasteiger partial charge in [0, 0.05) is 11.3 Å². The van der Waals surface area contributed by atoms with Gasteiger partial charge in [0.25, 0.3) is 0 Å². The van der Waals surface area contributed by atoms with E-state index in [1.54, 1.807) is 22.8 Å². The van der Waals surface area contributed by atoms with Gasteiger partial charge in [-0.15, -0.1) is 0 Å². The third kappa shape index (κ3) is 4.26. The smallest absolute Gasteiger partial charge is 0.744 e. The number of hydrogen-bond donors (Lipinski definition) is 0. The molecule has 26 heavy (non-hydrogen) atoms. The minimum absolute atomic E-state index is 0. The first-order valence-corrected chi connectivity index (χ1v) is 9.11. The normalized spacial score (nSPS) is 11.1. The van der Waals surface area contributed by atoms with Gasteiger partial charge >= 0.3 is 29.6 Å². The van der Waals surface area contributed by atoms with E-state index in [2.05, 4.69) is 4.98 Å². The summed E-state index contributed by atoms with van der Waals surface area (Å²) in [5.74, 6) is 0.526. The van der Waals surface area contributed by atoms with Crippen molar-refractivity contribution in [2.75, 3.05) is 7.11 Å². The van der Waals surface area contributed by atoms with Gasteiger partial charge in [-0.05, 0) is 42.5 Å². The van der Waals surface area contributed by atoms with Gasteiger partial charge < -0.3 is 9.29 Å². The van der Waals surface area contributed by atoms with E-state index in [1.807, 2.05) is 0 Å². The fourth-order valence-electron chi connectivity index (χ4n) is 2.37. The summed E-state index contributed by atoms with van der Waals surface area (Å²) in [6, 6.07) is 10.6. The van der Waals surface area contributed by atoms with Gasteiger partial charge in [0.05, 0.1) is 22.7 Å². The van der Waals surface area contributed by atoms with E-state index in [1.165, 1.54) is 37.7 Å². The van der Waals surface area contributed by atoms with E-state index >= 15 is 0 Å². The quantitative estimate of drug-likeness (QED) is 0.459. The van der Waals surface area contributed by atoms with Crippen molar-refractivity contribution in [2.45, 2.75) is 4.90 Å². The summed E-state index contributed by atoms with van der Waals surface area (Å²) in [5, 5.41) is 0.665. The third-order valence-electron chi connectivity index (χ3n) is 3.55. The maximum atomic E-state index is 11.0. The molecule has 0 aliphatic heterocycles. The van der Waals surface area contributed by atoms with Crippen molar-refractivity contribution in [3.8, 4) is 22.7 Å². The summed E-state index contributed by atoms with van der Waals surface area (Å²) < 4.78 is 39.9. The maximum absolute atomic E-state index is 11.0. The molecule has 0 fully saturated rings. The molecule has 0 aliphatic rings. The molecule has 0 saturated carbocycles. The molecule has 0 atom stereocenters. The molecule has 10 heteroatoms. The fraction of sp³-hybridized carbons (Fsp3) is 0.0625. The SMILES string of the molecule is COc1ccc(-c2c(Cl)ncn2-c2ccc(S(=O)(=O)[O-])cc2)cc1Cl.[Na+]. The molecule has 0 amide bonds. The predicted octanol–water partition coefficient (Wildman–Crippen LogP) is 0.763. The number of ether oxygens (including phenoxy) is 1. The number of hydrogen-bond acceptors (Lipinski definition) is 5. The molecule has 3 rings (SSSR count). The van der Waals surface area contributed by atoms with Gasteiger partial charge in [0.15, 0.2) is 5.15 Å². The standard InChI is InChI=1S/C16H12Cl2N2O4S.Na/c1-24-14-7-2-10(8-13(14)17)15-16(18)19-9-20(15)11-3-5-12(6-4-11)25(21,22)23;/h2-9H,1H3,(H,21,22,23);/q;+1/p-1. The van der Waals surface area contributed by atoms with Gasteiger partial charge in [0.2, 0.25) is 0 Å². The van der Waals surface area contributed by atoms with Crippen LogP contribution in [0.15, 0.2) is 53.7 Å². The summed E-state index contributed by atoms with van der Waals surface area (Å²) in [7, 11) is -2.99. The number of imidazole rings is 1. The monoisotopic (exact) mass is 420 g/mol. The van der Waals surface area contributed by atoms with Crippen LogP contribution in [0.5, 0.6) is 5.75 Å². The first kappa shape index (κ1) is 21.2. The van der Waals surface area contributed by atoms with Gasteiger partial charge in [-0.2, -0.15) is 0 Å². The second-order valence-corrected chi connectivity index (χ2v) is 7.20. The molecular weight excluding hydrogens is 410 g/mol. The maximum Gasteiger partial charge on any atom is 1.00 e. The first-order chi connectivity index (χ1) is 11.8. The Morgan fingerprint density at radius 1 is 1.12 bits per heavy atom. The Hall–Kier alpha value is -1.06. The number of nitrogens with zero attached hydrogens (tertiary/aromatic N) is 2. The van der Waals surface area contributed by atoms with Crippen molar-refractivity contribution in [2.24, 2.45) is 0 Å². The van der Waals surface area contributed by atoms with Crippen LogP contribution in [0, 0.1) is 0 Å². The van der Waals surface area contributed by atoms with Crippen molar-refractivity contribution in [3.05, 3.63) is 59.0 Å². The molecule has 0 unspecified atom stereocenters. The molecule has 0 bridgehead atoms. The minimum atomic E-state index is -4.50. The number of aromatic nitrogens is 2. The van der Waals surface area contributed by atoms with Crippen molar-refractivity contribution >= 4 is 33.3 Å². The number of halogens is 2. The largest absolute Gasteiger partial charge is 1.00 e. The molecule has 0 radical (unpaired) electrons. The summed E-state index contributed by atoms with van der Waals surface area (Å²) in [5.41, 5.74) is 1.87. The van der Waals surface area contributed by atoms with Crippen LogP contribution in [0.2, 0.25) is 10.2 Å². The summed E-state index contributed by atoms with van der Waals surface area (Å²) in [6.45, 7) is 0. The molecule has 0 aliphatic carbocycles. The van der Waals surface area contributed by atoms with Crippen LogP contribution in [0.4, 0.5) is 0 Å². The predicted molar refractivity (Wildman–Crippen MR) is 93.5 cm³/mol. The van der Waals surface area contributed by atoms with E-state index < -0.39 is 10.1 Å². The molecule has 0 spiro atoms. The van der Waals surface area contributed by atoms with E-state index in [4.69, 9.17) is 27.9 Å². The topological polar surface area (TPSA) is 84.2 Å². The Kier molecular flexibility index (Phi) is 6.79. The Morgan fingerprint density at radius 2 is 1.77 bits per heavy atom. The van der Waals surface area contributed by atoms with Crippen molar-refractivity contribution in [1.29, 1.82) is 0 Å². The fourth-order valence-corrected chi connectivity index (χ4v) is 3.34. The van der Waals surface area contributed by atoms with Crippen LogP contribution in [0.1, 0.15) is 0 Å². The van der Waals surface area contributed by atoms with E-state index in [0.29, 0.717) is 27.7 Å². The Morgan fingerprint density at radius 3 is 2.31 bits per heavy atom. The molecule has 2 aromatic carbocycles. The zero-order valence-electron chi connectivity index (χ0n) is 13.8. The molecule has 130 valence electrons. The minimum Gasteiger partial charge on any atom is -0.744 e. The Bertz CT molecular complexity index is 1040. The molecule has 1 aromatic heterocycles. The number of benzene rings is 2.